The Morgan fingerprint density at radius 3 is 2.52 bits per heavy atom. The summed E-state index contributed by atoms with van der Waals surface area (Å²) in [6.45, 7) is 0. The third-order valence-corrected chi connectivity index (χ3v) is 3.45. The number of halogens is 1. The second kappa shape index (κ2) is 6.45. The Morgan fingerprint density at radius 2 is 1.95 bits per heavy atom. The van der Waals surface area contributed by atoms with Crippen molar-refractivity contribution in [3.63, 3.8) is 0 Å². The van der Waals surface area contributed by atoms with Gasteiger partial charge in [0.1, 0.15) is 5.75 Å². The molecule has 6 nitrogen and oxygen atoms in total. The molecule has 0 atom stereocenters. The number of nitro benzene ring substituents is 1. The Hall–Kier alpha value is -2.28. The van der Waals surface area contributed by atoms with E-state index in [1.54, 1.807) is 25.3 Å². The number of methoxy groups -OCH3 is 2. The van der Waals surface area contributed by atoms with Crippen LogP contribution in [0.25, 0.3) is 0 Å². The molecule has 0 amide bonds. The zero-order chi connectivity index (χ0) is 15.4. The maximum Gasteiger partial charge on any atom is 0.313 e. The molecule has 0 aliphatic heterocycles. The van der Waals surface area contributed by atoms with Gasteiger partial charge in [-0.05, 0) is 40.2 Å². The Balaban J connectivity index is 2.37. The van der Waals surface area contributed by atoms with E-state index in [4.69, 9.17) is 9.47 Å². The van der Waals surface area contributed by atoms with Gasteiger partial charge in [0.15, 0.2) is 0 Å². The normalized spacial score (nSPS) is 10.0. The molecular formula is C14H13BrN2O4. The van der Waals surface area contributed by atoms with Gasteiger partial charge in [-0.3, -0.25) is 10.1 Å². The summed E-state index contributed by atoms with van der Waals surface area (Å²) in [5.41, 5.74) is 1.18. The topological polar surface area (TPSA) is 73.6 Å². The third-order valence-electron chi connectivity index (χ3n) is 2.83. The van der Waals surface area contributed by atoms with Crippen molar-refractivity contribution in [3.05, 3.63) is 51.0 Å². The van der Waals surface area contributed by atoms with Gasteiger partial charge in [0, 0.05) is 11.8 Å². The van der Waals surface area contributed by atoms with Crippen LogP contribution in [0, 0.1) is 10.1 Å². The van der Waals surface area contributed by atoms with E-state index in [1.165, 1.54) is 13.2 Å². The lowest BCUT2D eigenvalue weighted by Crippen LogP contribution is -1.99. The number of nitro groups is 1. The lowest BCUT2D eigenvalue weighted by molar-refractivity contribution is -0.385. The van der Waals surface area contributed by atoms with Crippen molar-refractivity contribution in [2.45, 2.75) is 0 Å². The highest BCUT2D eigenvalue weighted by Crippen LogP contribution is 2.37. The third kappa shape index (κ3) is 3.25. The number of rotatable bonds is 5. The van der Waals surface area contributed by atoms with Crippen molar-refractivity contribution in [2.24, 2.45) is 0 Å². The van der Waals surface area contributed by atoms with Crippen LogP contribution >= 0.6 is 15.9 Å². The predicted octanol–water partition coefficient (Wildman–Crippen LogP) is 4.12. The van der Waals surface area contributed by atoms with Gasteiger partial charge in [0.05, 0.1) is 29.3 Å². The van der Waals surface area contributed by atoms with Crippen LogP contribution in [-0.4, -0.2) is 19.1 Å². The number of hydrogen-bond donors (Lipinski definition) is 1. The molecule has 110 valence electrons. The highest BCUT2D eigenvalue weighted by molar-refractivity contribution is 9.10. The van der Waals surface area contributed by atoms with Gasteiger partial charge in [0.25, 0.3) is 0 Å². The molecule has 1 N–H and O–H groups in total. The zero-order valence-corrected chi connectivity index (χ0v) is 13.0. The fourth-order valence-corrected chi connectivity index (χ4v) is 2.42. The molecule has 2 rings (SSSR count). The standard InChI is InChI=1S/C14H13BrN2O4/c1-20-13-7-6-9(8-10(13)15)16-11-4-3-5-12(17(18)19)14(11)21-2/h3-8,16H,1-2H3. The van der Waals surface area contributed by atoms with Gasteiger partial charge >= 0.3 is 5.69 Å². The molecule has 0 aliphatic carbocycles. The summed E-state index contributed by atoms with van der Waals surface area (Å²) >= 11 is 3.39. The summed E-state index contributed by atoms with van der Waals surface area (Å²) in [6.07, 6.45) is 0. The van der Waals surface area contributed by atoms with Crippen molar-refractivity contribution in [3.8, 4) is 11.5 Å². The maximum absolute atomic E-state index is 11.0. The average Bonchev–Trinajstić information content (AvgIpc) is 2.47. The van der Waals surface area contributed by atoms with Gasteiger partial charge in [-0.25, -0.2) is 0 Å². The molecule has 0 heterocycles. The first-order chi connectivity index (χ1) is 10.1. The number of anilines is 2. The first-order valence-corrected chi connectivity index (χ1v) is 6.78. The smallest absolute Gasteiger partial charge is 0.313 e. The SMILES string of the molecule is COc1ccc(Nc2cccc([N+](=O)[O-])c2OC)cc1Br. The molecule has 2 aromatic carbocycles. The fourth-order valence-electron chi connectivity index (χ4n) is 1.88. The molecular weight excluding hydrogens is 340 g/mol. The second-order valence-electron chi connectivity index (χ2n) is 4.09. The quantitative estimate of drug-likeness (QED) is 0.647. The van der Waals surface area contributed by atoms with E-state index < -0.39 is 4.92 Å². The average molecular weight is 353 g/mol. The summed E-state index contributed by atoms with van der Waals surface area (Å²) in [6, 6.07) is 10.1. The van der Waals surface area contributed by atoms with Crippen LogP contribution in [0.3, 0.4) is 0 Å². The number of nitrogens with zero attached hydrogens (tertiary/aromatic N) is 1. The van der Waals surface area contributed by atoms with E-state index in [0.29, 0.717) is 11.4 Å². The second-order valence-corrected chi connectivity index (χ2v) is 4.94. The van der Waals surface area contributed by atoms with Crippen LogP contribution in [0.5, 0.6) is 11.5 Å². The molecule has 0 aromatic heterocycles. The highest BCUT2D eigenvalue weighted by Gasteiger charge is 2.18. The molecule has 0 fully saturated rings. The number of benzene rings is 2. The monoisotopic (exact) mass is 352 g/mol. The molecule has 2 aromatic rings. The van der Waals surface area contributed by atoms with Crippen molar-refractivity contribution in [1.29, 1.82) is 0 Å². The van der Waals surface area contributed by atoms with Crippen LogP contribution < -0.4 is 14.8 Å². The van der Waals surface area contributed by atoms with E-state index in [9.17, 15) is 10.1 Å². The lowest BCUT2D eigenvalue weighted by atomic mass is 10.2. The van der Waals surface area contributed by atoms with Gasteiger partial charge in [0.2, 0.25) is 5.75 Å². The molecule has 0 unspecified atom stereocenters. The number of ether oxygens (including phenoxy) is 2. The van der Waals surface area contributed by atoms with Crippen LogP contribution in [0.1, 0.15) is 0 Å². The van der Waals surface area contributed by atoms with Gasteiger partial charge < -0.3 is 14.8 Å². The van der Waals surface area contributed by atoms with E-state index >= 15 is 0 Å². The molecule has 0 saturated carbocycles. The molecule has 0 aliphatic rings. The molecule has 0 saturated heterocycles. The van der Waals surface area contributed by atoms with E-state index in [0.717, 1.165) is 10.2 Å². The summed E-state index contributed by atoms with van der Waals surface area (Å²) in [5, 5.41) is 14.1. The summed E-state index contributed by atoms with van der Waals surface area (Å²) < 4.78 is 11.1. The van der Waals surface area contributed by atoms with E-state index in [1.807, 2.05) is 12.1 Å². The van der Waals surface area contributed by atoms with Crippen LogP contribution in [0.2, 0.25) is 0 Å². The van der Waals surface area contributed by atoms with Gasteiger partial charge in [-0.15, -0.1) is 0 Å². The number of para-hydroxylation sites is 1. The van der Waals surface area contributed by atoms with E-state index in [-0.39, 0.29) is 11.4 Å². The van der Waals surface area contributed by atoms with Crippen LogP contribution in [0.4, 0.5) is 17.1 Å². The van der Waals surface area contributed by atoms with Gasteiger partial charge in [-0.2, -0.15) is 0 Å². The number of nitrogens with one attached hydrogen (secondary N) is 1. The largest absolute Gasteiger partial charge is 0.496 e. The number of hydrogen-bond acceptors (Lipinski definition) is 5. The fraction of sp³-hybridized carbons (Fsp3) is 0.143. The minimum Gasteiger partial charge on any atom is -0.496 e. The van der Waals surface area contributed by atoms with Crippen molar-refractivity contribution >= 4 is 33.0 Å². The highest BCUT2D eigenvalue weighted by atomic mass is 79.9. The van der Waals surface area contributed by atoms with E-state index in [2.05, 4.69) is 21.2 Å². The minimum absolute atomic E-state index is 0.0879. The minimum atomic E-state index is -0.478. The first kappa shape index (κ1) is 15.1. The maximum atomic E-state index is 11.0. The molecule has 0 spiro atoms. The molecule has 0 bridgehead atoms. The zero-order valence-electron chi connectivity index (χ0n) is 11.4. The predicted molar refractivity (Wildman–Crippen MR) is 83.6 cm³/mol. The Bertz CT molecular complexity index is 676. The summed E-state index contributed by atoms with van der Waals surface area (Å²) in [4.78, 5) is 10.5. The molecule has 0 radical (unpaired) electrons. The molecule has 7 heteroatoms. The van der Waals surface area contributed by atoms with Crippen LogP contribution in [-0.2, 0) is 0 Å². The summed E-state index contributed by atoms with van der Waals surface area (Å²) in [5.74, 6) is 0.890. The van der Waals surface area contributed by atoms with Crippen molar-refractivity contribution < 1.29 is 14.4 Å². The first-order valence-electron chi connectivity index (χ1n) is 5.98. The Labute approximate surface area is 130 Å². The Kier molecular flexibility index (Phi) is 4.64. The Morgan fingerprint density at radius 1 is 1.19 bits per heavy atom. The van der Waals surface area contributed by atoms with Crippen molar-refractivity contribution in [1.82, 2.24) is 0 Å². The molecule has 21 heavy (non-hydrogen) atoms. The van der Waals surface area contributed by atoms with Crippen molar-refractivity contribution in [2.75, 3.05) is 19.5 Å². The lowest BCUT2D eigenvalue weighted by Gasteiger charge is -2.12. The van der Waals surface area contributed by atoms with Crippen LogP contribution in [0.15, 0.2) is 40.9 Å². The van der Waals surface area contributed by atoms with Gasteiger partial charge in [-0.1, -0.05) is 6.07 Å². The summed E-state index contributed by atoms with van der Waals surface area (Å²) in [7, 11) is 2.98.